The van der Waals surface area contributed by atoms with E-state index in [-0.39, 0.29) is 0 Å². The number of nitrogens with one attached hydrogen (secondary N) is 2. The number of aromatic nitrogens is 7. The molecule has 0 unspecified atom stereocenters. The van der Waals surface area contributed by atoms with Crippen LogP contribution in [0.2, 0.25) is 0 Å². The first-order valence-electron chi connectivity index (χ1n) is 10.3. The highest BCUT2D eigenvalue weighted by Crippen LogP contribution is 2.29. The lowest BCUT2D eigenvalue weighted by Gasteiger charge is -2.11. The van der Waals surface area contributed by atoms with Gasteiger partial charge in [-0.15, -0.1) is 10.2 Å². The zero-order chi connectivity index (χ0) is 21.0. The van der Waals surface area contributed by atoms with E-state index in [1.807, 2.05) is 28.8 Å². The molecule has 8 nitrogen and oxygen atoms in total. The van der Waals surface area contributed by atoms with Crippen molar-refractivity contribution in [3.05, 3.63) is 78.1 Å². The molecule has 0 aliphatic heterocycles. The Morgan fingerprint density at radius 2 is 1.84 bits per heavy atom. The van der Waals surface area contributed by atoms with Crippen LogP contribution in [0.15, 0.2) is 66.9 Å². The number of hydrogen-bond donors (Lipinski definition) is 2. The molecule has 0 amide bonds. The predicted octanol–water partition coefficient (Wildman–Crippen LogP) is 4.14. The van der Waals surface area contributed by atoms with Crippen LogP contribution in [-0.4, -0.2) is 35.2 Å². The van der Waals surface area contributed by atoms with Crippen molar-refractivity contribution in [3.8, 4) is 22.5 Å². The van der Waals surface area contributed by atoms with Crippen molar-refractivity contribution in [2.24, 2.45) is 0 Å². The molecule has 0 fully saturated rings. The molecule has 2 N–H and O–H groups in total. The molecule has 5 rings (SSSR count). The van der Waals surface area contributed by atoms with Gasteiger partial charge in [0.2, 0.25) is 5.82 Å². The lowest BCUT2D eigenvalue weighted by atomic mass is 9.98. The summed E-state index contributed by atoms with van der Waals surface area (Å²) < 4.78 is 1.84. The minimum atomic E-state index is 0.588. The van der Waals surface area contributed by atoms with Crippen LogP contribution in [0.4, 0.5) is 5.82 Å². The van der Waals surface area contributed by atoms with Gasteiger partial charge in [0.25, 0.3) is 0 Å². The summed E-state index contributed by atoms with van der Waals surface area (Å²) in [4.78, 5) is 4.66. The SMILES string of the molecule is CCCc1cc(NCc2ccc(-c3ccccc3-c3nn[nH]n3)cc2)n2nccc2n1. The summed E-state index contributed by atoms with van der Waals surface area (Å²) in [5.74, 6) is 1.54. The molecule has 3 aromatic heterocycles. The normalized spacial score (nSPS) is 11.1. The van der Waals surface area contributed by atoms with Crippen molar-refractivity contribution >= 4 is 11.5 Å². The molecule has 0 aliphatic carbocycles. The molecule has 0 spiro atoms. The average Bonchev–Trinajstić information content (AvgIpc) is 3.50. The summed E-state index contributed by atoms with van der Waals surface area (Å²) >= 11 is 0. The van der Waals surface area contributed by atoms with E-state index in [1.165, 1.54) is 5.56 Å². The Morgan fingerprint density at radius 3 is 2.61 bits per heavy atom. The highest BCUT2D eigenvalue weighted by molar-refractivity contribution is 5.80. The van der Waals surface area contributed by atoms with Crippen molar-refractivity contribution < 1.29 is 0 Å². The summed E-state index contributed by atoms with van der Waals surface area (Å²) in [6.45, 7) is 2.85. The first kappa shape index (κ1) is 18.9. The van der Waals surface area contributed by atoms with Crippen LogP contribution in [0.25, 0.3) is 28.2 Å². The summed E-state index contributed by atoms with van der Waals surface area (Å²) in [7, 11) is 0. The van der Waals surface area contributed by atoms with Gasteiger partial charge in [0.05, 0.1) is 6.20 Å². The van der Waals surface area contributed by atoms with Crippen molar-refractivity contribution in [2.45, 2.75) is 26.3 Å². The van der Waals surface area contributed by atoms with Gasteiger partial charge in [0.1, 0.15) is 5.82 Å². The zero-order valence-electron chi connectivity index (χ0n) is 17.2. The minimum Gasteiger partial charge on any atom is -0.366 e. The third kappa shape index (κ3) is 3.87. The predicted molar refractivity (Wildman–Crippen MR) is 119 cm³/mol. The monoisotopic (exact) mass is 410 g/mol. The molecule has 0 bridgehead atoms. The second kappa shape index (κ2) is 8.35. The van der Waals surface area contributed by atoms with Gasteiger partial charge in [-0.3, -0.25) is 0 Å². The second-order valence-corrected chi connectivity index (χ2v) is 7.32. The third-order valence-corrected chi connectivity index (χ3v) is 5.17. The molecular formula is C23H22N8. The molecule has 3 heterocycles. The van der Waals surface area contributed by atoms with E-state index in [0.717, 1.165) is 46.7 Å². The lowest BCUT2D eigenvalue weighted by molar-refractivity contribution is 0.856. The van der Waals surface area contributed by atoms with Gasteiger partial charge in [0.15, 0.2) is 5.65 Å². The van der Waals surface area contributed by atoms with E-state index in [9.17, 15) is 0 Å². The summed E-state index contributed by atoms with van der Waals surface area (Å²) in [5.41, 5.74) is 6.24. The quantitative estimate of drug-likeness (QED) is 0.419. The van der Waals surface area contributed by atoms with Crippen LogP contribution in [0.1, 0.15) is 24.6 Å². The number of fused-ring (bicyclic) bond motifs is 1. The number of anilines is 1. The van der Waals surface area contributed by atoms with Crippen molar-refractivity contribution in [3.63, 3.8) is 0 Å². The fraction of sp³-hybridized carbons (Fsp3) is 0.174. The van der Waals surface area contributed by atoms with Crippen molar-refractivity contribution in [1.82, 2.24) is 35.2 Å². The van der Waals surface area contributed by atoms with Gasteiger partial charge in [-0.25, -0.2) is 4.98 Å². The maximum atomic E-state index is 4.66. The molecule has 154 valence electrons. The molecule has 0 saturated carbocycles. The van der Waals surface area contributed by atoms with Crippen LogP contribution in [0.5, 0.6) is 0 Å². The smallest absolute Gasteiger partial charge is 0.205 e. The Morgan fingerprint density at radius 1 is 1.00 bits per heavy atom. The maximum Gasteiger partial charge on any atom is 0.205 e. The Balaban J connectivity index is 1.37. The van der Waals surface area contributed by atoms with E-state index < -0.39 is 0 Å². The van der Waals surface area contributed by atoms with E-state index in [0.29, 0.717) is 12.4 Å². The number of rotatable bonds is 7. The first-order chi connectivity index (χ1) is 15.3. The Labute approximate surface area is 179 Å². The first-order valence-corrected chi connectivity index (χ1v) is 10.3. The number of hydrogen-bond acceptors (Lipinski definition) is 6. The van der Waals surface area contributed by atoms with Crippen molar-refractivity contribution in [1.29, 1.82) is 0 Å². The van der Waals surface area contributed by atoms with E-state index in [1.54, 1.807) is 6.20 Å². The highest BCUT2D eigenvalue weighted by atomic mass is 15.5. The highest BCUT2D eigenvalue weighted by Gasteiger charge is 2.11. The molecule has 0 saturated heterocycles. The Bertz CT molecular complexity index is 1290. The van der Waals surface area contributed by atoms with Gasteiger partial charge in [0, 0.05) is 29.9 Å². The van der Waals surface area contributed by atoms with Gasteiger partial charge >= 0.3 is 0 Å². The Kier molecular flexibility index (Phi) is 5.10. The van der Waals surface area contributed by atoms with Crippen LogP contribution in [0.3, 0.4) is 0 Å². The number of benzene rings is 2. The van der Waals surface area contributed by atoms with Crippen LogP contribution in [-0.2, 0) is 13.0 Å². The largest absolute Gasteiger partial charge is 0.366 e. The van der Waals surface area contributed by atoms with Gasteiger partial charge < -0.3 is 5.32 Å². The van der Waals surface area contributed by atoms with Gasteiger partial charge in [-0.05, 0) is 28.3 Å². The van der Waals surface area contributed by atoms with E-state index in [2.05, 4.69) is 79.3 Å². The number of tetrazole rings is 1. The van der Waals surface area contributed by atoms with Crippen LogP contribution >= 0.6 is 0 Å². The third-order valence-electron chi connectivity index (χ3n) is 5.17. The number of H-pyrrole nitrogens is 1. The standard InChI is InChI=1S/C23H22N8/c1-2-5-18-14-22(31-21(26-18)12-13-25-31)24-15-16-8-10-17(11-9-16)19-6-3-4-7-20(19)23-27-29-30-28-23/h3-4,6-14,24H,2,5,15H2,1H3,(H,27,28,29,30). The van der Waals surface area contributed by atoms with Crippen LogP contribution in [0, 0.1) is 0 Å². The fourth-order valence-corrected chi connectivity index (χ4v) is 3.68. The molecule has 0 radical (unpaired) electrons. The van der Waals surface area contributed by atoms with Crippen LogP contribution < -0.4 is 5.32 Å². The van der Waals surface area contributed by atoms with E-state index >= 15 is 0 Å². The van der Waals surface area contributed by atoms with Gasteiger partial charge in [-0.2, -0.15) is 14.8 Å². The second-order valence-electron chi connectivity index (χ2n) is 7.32. The molecule has 31 heavy (non-hydrogen) atoms. The molecule has 0 atom stereocenters. The van der Waals surface area contributed by atoms with E-state index in [4.69, 9.17) is 0 Å². The number of aryl methyl sites for hydroxylation is 1. The molecule has 2 aromatic carbocycles. The summed E-state index contributed by atoms with van der Waals surface area (Å²) in [6, 6.07) is 20.6. The number of nitrogens with zero attached hydrogens (tertiary/aromatic N) is 6. The molecule has 0 aliphatic rings. The average molecular weight is 410 g/mol. The van der Waals surface area contributed by atoms with Crippen molar-refractivity contribution in [2.75, 3.05) is 5.32 Å². The Hall–Kier alpha value is -4.07. The zero-order valence-corrected chi connectivity index (χ0v) is 17.2. The lowest BCUT2D eigenvalue weighted by Crippen LogP contribution is -2.07. The molecular weight excluding hydrogens is 388 g/mol. The fourth-order valence-electron chi connectivity index (χ4n) is 3.68. The van der Waals surface area contributed by atoms with Gasteiger partial charge in [-0.1, -0.05) is 61.9 Å². The molecule has 8 heteroatoms. The number of aromatic amines is 1. The maximum absolute atomic E-state index is 4.66. The summed E-state index contributed by atoms with van der Waals surface area (Å²) in [6.07, 6.45) is 3.79. The molecule has 5 aromatic rings. The minimum absolute atomic E-state index is 0.588. The topological polar surface area (TPSA) is 96.7 Å². The summed E-state index contributed by atoms with van der Waals surface area (Å²) in [5, 5.41) is 22.3.